The summed E-state index contributed by atoms with van der Waals surface area (Å²) in [4.78, 5) is 11.3. The zero-order chi connectivity index (χ0) is 9.56. The lowest BCUT2D eigenvalue weighted by atomic mass is 10.1. The molecule has 1 N–H and O–H groups in total. The van der Waals surface area contributed by atoms with Crippen molar-refractivity contribution in [3.05, 3.63) is 11.3 Å². The molecule has 3 heteroatoms. The number of rotatable bonds is 4. The van der Waals surface area contributed by atoms with Crippen LogP contribution >= 0.6 is 0 Å². The summed E-state index contributed by atoms with van der Waals surface area (Å²) in [5.74, 6) is -0.216. The van der Waals surface area contributed by atoms with E-state index in [0.29, 0.717) is 13.0 Å². The highest BCUT2D eigenvalue weighted by Gasteiger charge is 2.10. The number of esters is 1. The van der Waals surface area contributed by atoms with Gasteiger partial charge in [-0.1, -0.05) is 6.92 Å². The Bertz CT molecular complexity index is 185. The van der Waals surface area contributed by atoms with Gasteiger partial charge in [-0.25, -0.2) is 4.79 Å². The van der Waals surface area contributed by atoms with Crippen LogP contribution < -0.4 is 5.32 Å². The van der Waals surface area contributed by atoms with E-state index < -0.39 is 0 Å². The molecule has 70 valence electrons. The molecule has 0 aromatic carbocycles. The van der Waals surface area contributed by atoms with Crippen molar-refractivity contribution in [1.82, 2.24) is 5.32 Å². The SMILES string of the molecule is CCOC(=O)/C(CC)=C(\C)NC. The lowest BCUT2D eigenvalue weighted by Gasteiger charge is -2.08. The normalized spacial score (nSPS) is 12.0. The minimum Gasteiger partial charge on any atom is -0.463 e. The van der Waals surface area contributed by atoms with Gasteiger partial charge in [0.05, 0.1) is 12.2 Å². The summed E-state index contributed by atoms with van der Waals surface area (Å²) in [6.45, 7) is 6.04. The molecule has 0 spiro atoms. The van der Waals surface area contributed by atoms with Gasteiger partial charge < -0.3 is 10.1 Å². The number of hydrogen-bond donors (Lipinski definition) is 1. The Hall–Kier alpha value is -0.990. The topological polar surface area (TPSA) is 38.3 Å². The Balaban J connectivity index is 4.44. The van der Waals surface area contributed by atoms with Gasteiger partial charge in [-0.05, 0) is 20.3 Å². The molecule has 0 fully saturated rings. The zero-order valence-corrected chi connectivity index (χ0v) is 8.23. The van der Waals surface area contributed by atoms with E-state index in [-0.39, 0.29) is 5.97 Å². The van der Waals surface area contributed by atoms with Crippen molar-refractivity contribution in [3.8, 4) is 0 Å². The van der Waals surface area contributed by atoms with Crippen molar-refractivity contribution in [2.45, 2.75) is 27.2 Å². The summed E-state index contributed by atoms with van der Waals surface area (Å²) in [6.07, 6.45) is 0.700. The first-order valence-corrected chi connectivity index (χ1v) is 4.21. The third kappa shape index (κ3) is 2.95. The van der Waals surface area contributed by atoms with Crippen LogP contribution in [0.3, 0.4) is 0 Å². The minimum absolute atomic E-state index is 0.216. The maximum absolute atomic E-state index is 11.3. The Morgan fingerprint density at radius 2 is 2.00 bits per heavy atom. The van der Waals surface area contributed by atoms with E-state index in [2.05, 4.69) is 5.32 Å². The average molecular weight is 171 g/mol. The molecule has 0 aromatic heterocycles. The first-order chi connectivity index (χ1) is 5.67. The molecule has 3 nitrogen and oxygen atoms in total. The van der Waals surface area contributed by atoms with Crippen molar-refractivity contribution >= 4 is 5.97 Å². The average Bonchev–Trinajstić information content (AvgIpc) is 2.06. The number of hydrogen-bond acceptors (Lipinski definition) is 3. The van der Waals surface area contributed by atoms with Gasteiger partial charge in [0.1, 0.15) is 0 Å². The predicted octanol–water partition coefficient (Wildman–Crippen LogP) is 1.45. The van der Waals surface area contributed by atoms with Crippen LogP contribution in [-0.4, -0.2) is 19.6 Å². The van der Waals surface area contributed by atoms with Crippen LogP contribution in [0.1, 0.15) is 27.2 Å². The molecule has 0 heterocycles. The molecule has 0 amide bonds. The second-order valence-corrected chi connectivity index (χ2v) is 2.43. The predicted molar refractivity (Wildman–Crippen MR) is 48.7 cm³/mol. The van der Waals surface area contributed by atoms with Crippen molar-refractivity contribution in [1.29, 1.82) is 0 Å². The first-order valence-electron chi connectivity index (χ1n) is 4.21. The number of allylic oxidation sites excluding steroid dienone is 1. The van der Waals surface area contributed by atoms with Crippen LogP contribution in [0.15, 0.2) is 11.3 Å². The molecule has 12 heavy (non-hydrogen) atoms. The van der Waals surface area contributed by atoms with E-state index in [9.17, 15) is 4.79 Å². The molecule has 0 aliphatic heterocycles. The van der Waals surface area contributed by atoms with Crippen LogP contribution in [0.2, 0.25) is 0 Å². The molecule has 0 aliphatic rings. The van der Waals surface area contributed by atoms with E-state index in [1.807, 2.05) is 13.8 Å². The molecule has 0 saturated carbocycles. The highest BCUT2D eigenvalue weighted by molar-refractivity contribution is 5.89. The van der Waals surface area contributed by atoms with Gasteiger partial charge in [-0.2, -0.15) is 0 Å². The Labute approximate surface area is 73.8 Å². The zero-order valence-electron chi connectivity index (χ0n) is 8.23. The third-order valence-electron chi connectivity index (χ3n) is 1.70. The number of carbonyl (C=O) groups is 1. The lowest BCUT2D eigenvalue weighted by molar-refractivity contribution is -0.138. The number of ether oxygens (including phenoxy) is 1. The molecule has 0 saturated heterocycles. The van der Waals surface area contributed by atoms with Crippen LogP contribution in [0.25, 0.3) is 0 Å². The summed E-state index contributed by atoms with van der Waals surface area (Å²) in [5.41, 5.74) is 1.61. The molecule has 0 radical (unpaired) electrons. The maximum Gasteiger partial charge on any atom is 0.335 e. The van der Waals surface area contributed by atoms with Crippen molar-refractivity contribution in [3.63, 3.8) is 0 Å². The largest absolute Gasteiger partial charge is 0.463 e. The lowest BCUT2D eigenvalue weighted by Crippen LogP contribution is -2.14. The quantitative estimate of drug-likeness (QED) is 0.514. The number of nitrogens with one attached hydrogen (secondary N) is 1. The number of carbonyl (C=O) groups excluding carboxylic acids is 1. The van der Waals surface area contributed by atoms with Gasteiger partial charge in [-0.15, -0.1) is 0 Å². The maximum atomic E-state index is 11.3. The fraction of sp³-hybridized carbons (Fsp3) is 0.667. The standard InChI is InChI=1S/C9H17NO2/c1-5-8(7(3)10-4)9(11)12-6-2/h10H,5-6H2,1-4H3/b8-7+. The molecular formula is C9H17NO2. The molecule has 0 aliphatic carbocycles. The van der Waals surface area contributed by atoms with E-state index in [4.69, 9.17) is 4.74 Å². The van der Waals surface area contributed by atoms with Crippen LogP contribution in [-0.2, 0) is 9.53 Å². The van der Waals surface area contributed by atoms with Gasteiger partial charge in [-0.3, -0.25) is 0 Å². The van der Waals surface area contributed by atoms with E-state index in [1.165, 1.54) is 0 Å². The highest BCUT2D eigenvalue weighted by Crippen LogP contribution is 2.07. The summed E-state index contributed by atoms with van der Waals surface area (Å²) in [6, 6.07) is 0. The molecule has 0 bridgehead atoms. The monoisotopic (exact) mass is 171 g/mol. The van der Waals surface area contributed by atoms with Crippen molar-refractivity contribution < 1.29 is 9.53 Å². The Morgan fingerprint density at radius 3 is 2.33 bits per heavy atom. The Morgan fingerprint density at radius 1 is 1.42 bits per heavy atom. The van der Waals surface area contributed by atoms with Crippen LogP contribution in [0.4, 0.5) is 0 Å². The Kier molecular flexibility index (Phi) is 5.17. The third-order valence-corrected chi connectivity index (χ3v) is 1.70. The molecular weight excluding hydrogens is 154 g/mol. The molecule has 0 atom stereocenters. The highest BCUT2D eigenvalue weighted by atomic mass is 16.5. The van der Waals surface area contributed by atoms with Crippen LogP contribution in [0, 0.1) is 0 Å². The van der Waals surface area contributed by atoms with Gasteiger partial charge in [0, 0.05) is 12.7 Å². The second-order valence-electron chi connectivity index (χ2n) is 2.43. The fourth-order valence-corrected chi connectivity index (χ4v) is 0.932. The van der Waals surface area contributed by atoms with Crippen molar-refractivity contribution in [2.75, 3.05) is 13.7 Å². The molecule has 0 rings (SSSR count). The van der Waals surface area contributed by atoms with Gasteiger partial charge >= 0.3 is 5.97 Å². The summed E-state index contributed by atoms with van der Waals surface area (Å²) in [5, 5.41) is 2.93. The van der Waals surface area contributed by atoms with Gasteiger partial charge in [0.15, 0.2) is 0 Å². The molecule has 0 aromatic rings. The van der Waals surface area contributed by atoms with E-state index in [1.54, 1.807) is 14.0 Å². The van der Waals surface area contributed by atoms with Gasteiger partial charge in [0.2, 0.25) is 0 Å². The fourth-order valence-electron chi connectivity index (χ4n) is 0.932. The van der Waals surface area contributed by atoms with Crippen molar-refractivity contribution in [2.24, 2.45) is 0 Å². The smallest absolute Gasteiger partial charge is 0.335 e. The second kappa shape index (κ2) is 5.63. The van der Waals surface area contributed by atoms with E-state index >= 15 is 0 Å². The summed E-state index contributed by atoms with van der Waals surface area (Å²) < 4.78 is 4.88. The van der Waals surface area contributed by atoms with Gasteiger partial charge in [0.25, 0.3) is 0 Å². The minimum atomic E-state index is -0.216. The van der Waals surface area contributed by atoms with Crippen LogP contribution in [0.5, 0.6) is 0 Å². The first kappa shape index (κ1) is 11.0. The summed E-state index contributed by atoms with van der Waals surface area (Å²) >= 11 is 0. The summed E-state index contributed by atoms with van der Waals surface area (Å²) in [7, 11) is 1.80. The molecule has 0 unspecified atom stereocenters. The van der Waals surface area contributed by atoms with E-state index in [0.717, 1.165) is 11.3 Å².